The molecule has 1 aromatic carbocycles. The van der Waals surface area contributed by atoms with Crippen molar-refractivity contribution in [2.24, 2.45) is 0 Å². The van der Waals surface area contributed by atoms with E-state index in [1.807, 2.05) is 30.5 Å². The lowest BCUT2D eigenvalue weighted by molar-refractivity contribution is -0.00294. The van der Waals surface area contributed by atoms with Crippen LogP contribution in [0.4, 0.5) is 4.79 Å². The number of nitrogens with zero attached hydrogens (tertiary/aromatic N) is 3. The minimum atomic E-state index is -0.875. The Kier molecular flexibility index (Phi) is 4.10. The Morgan fingerprint density at radius 1 is 1.36 bits per heavy atom. The molecule has 8 nitrogen and oxygen atoms in total. The molecule has 3 aromatic rings. The maximum absolute atomic E-state index is 10.9. The topological polar surface area (TPSA) is 104 Å². The van der Waals surface area contributed by atoms with E-state index in [1.165, 1.54) is 4.90 Å². The number of ether oxygens (including phenoxy) is 1. The Labute approximate surface area is 143 Å². The highest BCUT2D eigenvalue weighted by molar-refractivity contribution is 5.91. The second kappa shape index (κ2) is 6.56. The molecular formula is C17H18N4O4. The Bertz CT molecular complexity index is 880. The van der Waals surface area contributed by atoms with Gasteiger partial charge >= 0.3 is 6.09 Å². The molecule has 2 N–H and O–H groups in total. The molecule has 3 heterocycles. The standard InChI is InChI=1S/C17H18N4O4/c22-17(23)21-8-5-12(6-9-21)24-10-14-19-16(25-20-14)13-3-1-2-11-4-7-18-15(11)13/h1-4,7,12,18H,5-6,8-10H2,(H,22,23). The fourth-order valence-corrected chi connectivity index (χ4v) is 3.09. The SMILES string of the molecule is O=C(O)N1CCC(OCc2noc(-c3cccc4cc[nH]c34)n2)CC1. The van der Waals surface area contributed by atoms with Crippen molar-refractivity contribution in [3.8, 4) is 11.5 Å². The van der Waals surface area contributed by atoms with E-state index in [9.17, 15) is 4.79 Å². The Morgan fingerprint density at radius 3 is 3.00 bits per heavy atom. The number of nitrogens with one attached hydrogen (secondary N) is 1. The first-order valence-electron chi connectivity index (χ1n) is 8.19. The van der Waals surface area contributed by atoms with Gasteiger partial charge in [0.1, 0.15) is 6.61 Å². The third kappa shape index (κ3) is 3.20. The number of H-pyrrole nitrogens is 1. The Morgan fingerprint density at radius 2 is 2.20 bits per heavy atom. The fraction of sp³-hybridized carbons (Fsp3) is 0.353. The first-order valence-corrected chi connectivity index (χ1v) is 8.19. The molecule has 2 aromatic heterocycles. The summed E-state index contributed by atoms with van der Waals surface area (Å²) in [6, 6.07) is 7.88. The van der Waals surface area contributed by atoms with Crippen LogP contribution in [0.1, 0.15) is 18.7 Å². The minimum absolute atomic E-state index is 0.0180. The van der Waals surface area contributed by atoms with Crippen molar-refractivity contribution in [2.45, 2.75) is 25.6 Å². The number of carbonyl (C=O) groups is 1. The van der Waals surface area contributed by atoms with E-state index in [0.717, 1.165) is 16.5 Å². The van der Waals surface area contributed by atoms with E-state index in [4.69, 9.17) is 14.4 Å². The van der Waals surface area contributed by atoms with Crippen molar-refractivity contribution < 1.29 is 19.2 Å². The highest BCUT2D eigenvalue weighted by Crippen LogP contribution is 2.26. The number of para-hydroxylation sites is 1. The monoisotopic (exact) mass is 342 g/mol. The molecule has 1 fully saturated rings. The Balaban J connectivity index is 1.39. The molecule has 0 atom stereocenters. The Hall–Kier alpha value is -2.87. The first kappa shape index (κ1) is 15.6. The van der Waals surface area contributed by atoms with E-state index >= 15 is 0 Å². The number of hydrogen-bond acceptors (Lipinski definition) is 5. The van der Waals surface area contributed by atoms with Gasteiger partial charge in [-0.3, -0.25) is 0 Å². The summed E-state index contributed by atoms with van der Waals surface area (Å²) in [5.41, 5.74) is 1.82. The highest BCUT2D eigenvalue weighted by atomic mass is 16.5. The number of aromatic amines is 1. The van der Waals surface area contributed by atoms with E-state index < -0.39 is 6.09 Å². The quantitative estimate of drug-likeness (QED) is 0.755. The zero-order valence-electron chi connectivity index (χ0n) is 13.5. The number of amides is 1. The predicted molar refractivity (Wildman–Crippen MR) is 89.0 cm³/mol. The maximum atomic E-state index is 10.9. The third-order valence-electron chi connectivity index (χ3n) is 4.45. The zero-order chi connectivity index (χ0) is 17.2. The van der Waals surface area contributed by atoms with Crippen LogP contribution in [0.2, 0.25) is 0 Å². The van der Waals surface area contributed by atoms with Crippen LogP contribution in [0, 0.1) is 0 Å². The summed E-state index contributed by atoms with van der Waals surface area (Å²) in [5, 5.41) is 14.0. The summed E-state index contributed by atoms with van der Waals surface area (Å²) >= 11 is 0. The molecular weight excluding hydrogens is 324 g/mol. The molecule has 130 valence electrons. The summed E-state index contributed by atoms with van der Waals surface area (Å²) in [6.07, 6.45) is 2.37. The van der Waals surface area contributed by atoms with Gasteiger partial charge in [-0.25, -0.2) is 4.79 Å². The third-order valence-corrected chi connectivity index (χ3v) is 4.45. The molecule has 1 aliphatic heterocycles. The average Bonchev–Trinajstić information content (AvgIpc) is 3.29. The predicted octanol–water partition coefficient (Wildman–Crippen LogP) is 2.88. The van der Waals surface area contributed by atoms with Crippen LogP contribution in [0.3, 0.4) is 0 Å². The summed E-state index contributed by atoms with van der Waals surface area (Å²) in [7, 11) is 0. The minimum Gasteiger partial charge on any atom is -0.465 e. The molecule has 25 heavy (non-hydrogen) atoms. The number of aromatic nitrogens is 3. The number of rotatable bonds is 4. The fourth-order valence-electron chi connectivity index (χ4n) is 3.09. The van der Waals surface area contributed by atoms with E-state index in [2.05, 4.69) is 15.1 Å². The average molecular weight is 342 g/mol. The molecule has 0 unspecified atom stereocenters. The van der Waals surface area contributed by atoms with Crippen molar-refractivity contribution in [1.29, 1.82) is 0 Å². The van der Waals surface area contributed by atoms with Gasteiger partial charge < -0.3 is 24.3 Å². The molecule has 0 radical (unpaired) electrons. The molecule has 1 saturated heterocycles. The maximum Gasteiger partial charge on any atom is 0.407 e. The molecule has 0 saturated carbocycles. The first-order chi connectivity index (χ1) is 12.2. The van der Waals surface area contributed by atoms with Gasteiger partial charge in [0.15, 0.2) is 5.82 Å². The molecule has 0 aliphatic carbocycles. The number of benzene rings is 1. The second-order valence-electron chi connectivity index (χ2n) is 6.04. The van der Waals surface area contributed by atoms with Crippen LogP contribution >= 0.6 is 0 Å². The molecule has 0 spiro atoms. The van der Waals surface area contributed by atoms with Crippen LogP contribution in [0.25, 0.3) is 22.4 Å². The number of likely N-dealkylation sites (tertiary alicyclic amines) is 1. The van der Waals surface area contributed by atoms with Crippen molar-refractivity contribution in [2.75, 3.05) is 13.1 Å². The van der Waals surface area contributed by atoms with Gasteiger partial charge in [-0.2, -0.15) is 4.98 Å². The van der Waals surface area contributed by atoms with Crippen LogP contribution in [-0.2, 0) is 11.3 Å². The smallest absolute Gasteiger partial charge is 0.407 e. The zero-order valence-corrected chi connectivity index (χ0v) is 13.5. The molecule has 1 aliphatic rings. The van der Waals surface area contributed by atoms with E-state index in [0.29, 0.717) is 37.6 Å². The van der Waals surface area contributed by atoms with Crippen LogP contribution in [0.15, 0.2) is 35.0 Å². The van der Waals surface area contributed by atoms with Gasteiger partial charge in [0.2, 0.25) is 0 Å². The second-order valence-corrected chi connectivity index (χ2v) is 6.04. The summed E-state index contributed by atoms with van der Waals surface area (Å²) in [6.45, 7) is 1.24. The number of fused-ring (bicyclic) bond motifs is 1. The largest absolute Gasteiger partial charge is 0.465 e. The van der Waals surface area contributed by atoms with Crippen LogP contribution in [0.5, 0.6) is 0 Å². The summed E-state index contributed by atoms with van der Waals surface area (Å²) < 4.78 is 11.2. The van der Waals surface area contributed by atoms with Crippen molar-refractivity contribution in [3.05, 3.63) is 36.3 Å². The lowest BCUT2D eigenvalue weighted by Gasteiger charge is -2.29. The number of piperidine rings is 1. The lowest BCUT2D eigenvalue weighted by Crippen LogP contribution is -2.40. The van der Waals surface area contributed by atoms with E-state index in [1.54, 1.807) is 0 Å². The van der Waals surface area contributed by atoms with Gasteiger partial charge in [-0.15, -0.1) is 0 Å². The van der Waals surface area contributed by atoms with Crippen LogP contribution in [-0.4, -0.2) is 50.4 Å². The molecule has 4 rings (SSSR count). The lowest BCUT2D eigenvalue weighted by atomic mass is 10.1. The number of hydrogen-bond donors (Lipinski definition) is 2. The molecule has 0 bridgehead atoms. The summed E-state index contributed by atoms with van der Waals surface area (Å²) in [4.78, 5) is 19.9. The van der Waals surface area contributed by atoms with E-state index in [-0.39, 0.29) is 12.7 Å². The van der Waals surface area contributed by atoms with Gasteiger partial charge in [0, 0.05) is 24.7 Å². The van der Waals surface area contributed by atoms with Crippen LogP contribution < -0.4 is 0 Å². The normalized spacial score (nSPS) is 15.8. The summed E-state index contributed by atoms with van der Waals surface area (Å²) in [5.74, 6) is 0.937. The van der Waals surface area contributed by atoms with Gasteiger partial charge in [0.05, 0.1) is 17.2 Å². The van der Waals surface area contributed by atoms with Crippen molar-refractivity contribution in [1.82, 2.24) is 20.0 Å². The van der Waals surface area contributed by atoms with Crippen molar-refractivity contribution >= 4 is 17.0 Å². The van der Waals surface area contributed by atoms with Gasteiger partial charge in [-0.05, 0) is 25.0 Å². The molecule has 8 heteroatoms. The highest BCUT2D eigenvalue weighted by Gasteiger charge is 2.23. The van der Waals surface area contributed by atoms with Gasteiger partial charge in [0.25, 0.3) is 5.89 Å². The molecule has 1 amide bonds. The van der Waals surface area contributed by atoms with Gasteiger partial charge in [-0.1, -0.05) is 17.3 Å². The number of carboxylic acid groups (broad SMARTS) is 1. The van der Waals surface area contributed by atoms with Crippen molar-refractivity contribution in [3.63, 3.8) is 0 Å².